The number of thiol groups is 1. The third kappa shape index (κ3) is 2.54. The van der Waals surface area contributed by atoms with Crippen molar-refractivity contribution in [2.24, 2.45) is 5.41 Å². The highest BCUT2D eigenvalue weighted by molar-refractivity contribution is 7.80. The minimum absolute atomic E-state index is 0.257. The fourth-order valence-corrected chi connectivity index (χ4v) is 2.70. The second-order valence-corrected chi connectivity index (χ2v) is 5.82. The fraction of sp³-hybridized carbons (Fsp3) is 0.917. The summed E-state index contributed by atoms with van der Waals surface area (Å²) in [6.45, 7) is 4.96. The van der Waals surface area contributed by atoms with E-state index in [-0.39, 0.29) is 5.41 Å². The van der Waals surface area contributed by atoms with Gasteiger partial charge in [0.15, 0.2) is 0 Å². The standard InChI is InChI=1S/C12H22N2OS/c1-10-8-14(6-5-13(10)2)11(15)7-12(9-16)3-4-12/h10,16H,3-9H2,1-2H3. The van der Waals surface area contributed by atoms with Crippen molar-refractivity contribution in [2.45, 2.75) is 32.2 Å². The number of hydrogen-bond acceptors (Lipinski definition) is 3. The van der Waals surface area contributed by atoms with Crippen LogP contribution < -0.4 is 0 Å². The molecule has 3 nitrogen and oxygen atoms in total. The van der Waals surface area contributed by atoms with Gasteiger partial charge in [0.05, 0.1) is 0 Å². The summed E-state index contributed by atoms with van der Waals surface area (Å²) in [5.74, 6) is 1.20. The van der Waals surface area contributed by atoms with Gasteiger partial charge in [-0.3, -0.25) is 4.79 Å². The van der Waals surface area contributed by atoms with E-state index in [4.69, 9.17) is 0 Å². The highest BCUT2D eigenvalue weighted by atomic mass is 32.1. The molecule has 0 spiro atoms. The first-order chi connectivity index (χ1) is 7.56. The molecule has 4 heteroatoms. The maximum absolute atomic E-state index is 12.1. The molecular weight excluding hydrogens is 220 g/mol. The normalized spacial score (nSPS) is 29.2. The van der Waals surface area contributed by atoms with Gasteiger partial charge in [-0.15, -0.1) is 0 Å². The molecular formula is C12H22N2OS. The third-order valence-corrected chi connectivity index (χ3v) is 4.80. The van der Waals surface area contributed by atoms with Crippen molar-refractivity contribution < 1.29 is 4.79 Å². The van der Waals surface area contributed by atoms with Gasteiger partial charge in [-0.2, -0.15) is 12.6 Å². The van der Waals surface area contributed by atoms with Crippen LogP contribution in [0, 0.1) is 5.41 Å². The fourth-order valence-electron chi connectivity index (χ4n) is 2.28. The highest BCUT2D eigenvalue weighted by Crippen LogP contribution is 2.49. The Labute approximate surface area is 104 Å². The number of amides is 1. The minimum Gasteiger partial charge on any atom is -0.340 e. The minimum atomic E-state index is 0.257. The lowest BCUT2D eigenvalue weighted by atomic mass is 10.0. The van der Waals surface area contributed by atoms with E-state index in [2.05, 4.69) is 31.5 Å². The Morgan fingerprint density at radius 1 is 1.44 bits per heavy atom. The molecule has 1 aliphatic heterocycles. The van der Waals surface area contributed by atoms with Crippen LogP contribution >= 0.6 is 12.6 Å². The van der Waals surface area contributed by atoms with E-state index in [0.717, 1.165) is 25.4 Å². The predicted octanol–water partition coefficient (Wildman–Crippen LogP) is 1.25. The van der Waals surface area contributed by atoms with Crippen LogP contribution in [-0.4, -0.2) is 54.2 Å². The summed E-state index contributed by atoms with van der Waals surface area (Å²) < 4.78 is 0. The smallest absolute Gasteiger partial charge is 0.223 e. The Morgan fingerprint density at radius 2 is 2.12 bits per heavy atom. The molecule has 0 aromatic heterocycles. The van der Waals surface area contributed by atoms with Crippen molar-refractivity contribution in [3.63, 3.8) is 0 Å². The van der Waals surface area contributed by atoms with Gasteiger partial charge in [0.1, 0.15) is 0 Å². The lowest BCUT2D eigenvalue weighted by Gasteiger charge is -2.38. The summed E-state index contributed by atoms with van der Waals surface area (Å²) in [5, 5.41) is 0. The Morgan fingerprint density at radius 3 is 2.62 bits per heavy atom. The number of rotatable bonds is 3. The molecule has 16 heavy (non-hydrogen) atoms. The average molecular weight is 242 g/mol. The molecule has 1 unspecified atom stereocenters. The maximum Gasteiger partial charge on any atom is 0.223 e. The van der Waals surface area contributed by atoms with E-state index in [1.165, 1.54) is 12.8 Å². The van der Waals surface area contributed by atoms with Crippen LogP contribution in [0.5, 0.6) is 0 Å². The molecule has 1 saturated carbocycles. The molecule has 2 aliphatic rings. The number of carbonyl (C=O) groups is 1. The second kappa shape index (κ2) is 4.57. The lowest BCUT2D eigenvalue weighted by Crippen LogP contribution is -2.52. The zero-order valence-electron chi connectivity index (χ0n) is 10.3. The van der Waals surface area contributed by atoms with Gasteiger partial charge < -0.3 is 9.80 Å². The van der Waals surface area contributed by atoms with Crippen molar-refractivity contribution in [3.05, 3.63) is 0 Å². The molecule has 2 rings (SSSR count). The zero-order chi connectivity index (χ0) is 11.8. The quantitative estimate of drug-likeness (QED) is 0.753. The van der Waals surface area contributed by atoms with E-state index < -0.39 is 0 Å². The third-order valence-electron chi connectivity index (χ3n) is 4.13. The molecule has 0 radical (unpaired) electrons. The molecule has 0 aromatic carbocycles. The maximum atomic E-state index is 12.1. The molecule has 92 valence electrons. The monoisotopic (exact) mass is 242 g/mol. The Kier molecular flexibility index (Phi) is 3.50. The Bertz CT molecular complexity index is 278. The van der Waals surface area contributed by atoms with Crippen LogP contribution in [-0.2, 0) is 4.79 Å². The summed E-state index contributed by atoms with van der Waals surface area (Å²) in [6, 6.07) is 0.490. The molecule has 2 fully saturated rings. The number of hydrogen-bond donors (Lipinski definition) is 1. The van der Waals surface area contributed by atoms with Crippen LogP contribution in [0.3, 0.4) is 0 Å². The first kappa shape index (κ1) is 12.2. The highest BCUT2D eigenvalue weighted by Gasteiger charge is 2.44. The van der Waals surface area contributed by atoms with Gasteiger partial charge in [0, 0.05) is 32.1 Å². The SMILES string of the molecule is CC1CN(C(=O)CC2(CS)CC2)CCN1C. The van der Waals surface area contributed by atoms with Crippen LogP contribution in [0.25, 0.3) is 0 Å². The van der Waals surface area contributed by atoms with E-state index in [1.807, 2.05) is 4.90 Å². The summed E-state index contributed by atoms with van der Waals surface area (Å²) in [6.07, 6.45) is 3.09. The van der Waals surface area contributed by atoms with Crippen molar-refractivity contribution in [2.75, 3.05) is 32.4 Å². The molecule has 0 bridgehead atoms. The van der Waals surface area contributed by atoms with Gasteiger partial charge in [0.25, 0.3) is 0 Å². The van der Waals surface area contributed by atoms with Crippen molar-refractivity contribution >= 4 is 18.5 Å². The van der Waals surface area contributed by atoms with Crippen molar-refractivity contribution in [1.29, 1.82) is 0 Å². The predicted molar refractivity (Wildman–Crippen MR) is 68.8 cm³/mol. The second-order valence-electron chi connectivity index (χ2n) is 5.50. The lowest BCUT2D eigenvalue weighted by molar-refractivity contribution is -0.134. The van der Waals surface area contributed by atoms with Gasteiger partial charge in [-0.1, -0.05) is 0 Å². The molecule has 0 aromatic rings. The summed E-state index contributed by atoms with van der Waals surface area (Å²) in [7, 11) is 2.13. The van der Waals surface area contributed by atoms with Crippen molar-refractivity contribution in [3.8, 4) is 0 Å². The number of carbonyl (C=O) groups excluding carboxylic acids is 1. The molecule has 1 saturated heterocycles. The number of nitrogens with zero attached hydrogens (tertiary/aromatic N) is 2. The topological polar surface area (TPSA) is 23.6 Å². The van der Waals surface area contributed by atoms with E-state index in [1.54, 1.807) is 0 Å². The molecule has 1 heterocycles. The van der Waals surface area contributed by atoms with Crippen LogP contribution in [0.2, 0.25) is 0 Å². The first-order valence-electron chi connectivity index (χ1n) is 6.15. The Hall–Kier alpha value is -0.220. The van der Waals surface area contributed by atoms with E-state index in [0.29, 0.717) is 18.4 Å². The summed E-state index contributed by atoms with van der Waals surface area (Å²) in [5.41, 5.74) is 0.257. The first-order valence-corrected chi connectivity index (χ1v) is 6.78. The largest absolute Gasteiger partial charge is 0.340 e. The number of likely N-dealkylation sites (N-methyl/N-ethyl adjacent to an activating group) is 1. The molecule has 0 N–H and O–H groups in total. The molecule has 1 amide bonds. The average Bonchev–Trinajstić information content (AvgIpc) is 3.02. The van der Waals surface area contributed by atoms with Gasteiger partial charge in [0.2, 0.25) is 5.91 Å². The van der Waals surface area contributed by atoms with Gasteiger partial charge in [-0.25, -0.2) is 0 Å². The van der Waals surface area contributed by atoms with Crippen molar-refractivity contribution in [1.82, 2.24) is 9.80 Å². The molecule has 1 aliphatic carbocycles. The summed E-state index contributed by atoms with van der Waals surface area (Å²) >= 11 is 4.36. The van der Waals surface area contributed by atoms with Crippen LogP contribution in [0.15, 0.2) is 0 Å². The zero-order valence-corrected chi connectivity index (χ0v) is 11.2. The van der Waals surface area contributed by atoms with Crippen LogP contribution in [0.1, 0.15) is 26.2 Å². The number of piperazine rings is 1. The Balaban J connectivity index is 1.86. The van der Waals surface area contributed by atoms with E-state index >= 15 is 0 Å². The molecule has 1 atom stereocenters. The van der Waals surface area contributed by atoms with Gasteiger partial charge in [-0.05, 0) is 38.0 Å². The van der Waals surface area contributed by atoms with Crippen LogP contribution in [0.4, 0.5) is 0 Å². The summed E-state index contributed by atoms with van der Waals surface area (Å²) in [4.78, 5) is 16.5. The van der Waals surface area contributed by atoms with E-state index in [9.17, 15) is 4.79 Å². The van der Waals surface area contributed by atoms with Gasteiger partial charge >= 0.3 is 0 Å².